The van der Waals surface area contributed by atoms with Crippen LogP contribution in [0, 0.1) is 5.92 Å². The van der Waals surface area contributed by atoms with Gasteiger partial charge in [0.25, 0.3) is 0 Å². The molecule has 1 heterocycles. The number of Topliss-reactive ketones (excluding diaryl/α,β-unsaturated/α-hetero) is 1. The van der Waals surface area contributed by atoms with E-state index in [4.69, 9.17) is 0 Å². The number of allylic oxidation sites excluding steroid dienone is 2. The Morgan fingerprint density at radius 3 is 3.27 bits per heavy atom. The number of nitrogens with one attached hydrogen (secondary N) is 1. The Hall–Kier alpha value is -0.790. The Labute approximate surface area is 66.7 Å². The van der Waals surface area contributed by atoms with E-state index >= 15 is 0 Å². The molecular weight excluding hydrogens is 138 g/mol. The molecule has 0 saturated carbocycles. The molecule has 1 aliphatic heterocycles. The van der Waals surface area contributed by atoms with Crippen LogP contribution in [0.15, 0.2) is 11.8 Å². The smallest absolute Gasteiger partial charge is 0.142 e. The maximum atomic E-state index is 11.3. The lowest BCUT2D eigenvalue weighted by Crippen LogP contribution is -2.34. The van der Waals surface area contributed by atoms with Crippen molar-refractivity contribution in [2.45, 2.75) is 25.7 Å². The second-order valence-corrected chi connectivity index (χ2v) is 3.29. The largest absolute Gasteiger partial charge is 0.388 e. The summed E-state index contributed by atoms with van der Waals surface area (Å²) in [5, 5.41) is 3.29. The normalized spacial score (nSPS) is 30.4. The molecule has 2 aliphatic rings. The zero-order valence-electron chi connectivity index (χ0n) is 6.60. The van der Waals surface area contributed by atoms with E-state index in [1.165, 1.54) is 5.70 Å². The van der Waals surface area contributed by atoms with Crippen molar-refractivity contribution in [3.8, 4) is 0 Å². The van der Waals surface area contributed by atoms with E-state index in [2.05, 4.69) is 11.4 Å². The van der Waals surface area contributed by atoms with Crippen molar-refractivity contribution in [3.63, 3.8) is 0 Å². The molecule has 2 rings (SSSR count). The van der Waals surface area contributed by atoms with Gasteiger partial charge in [-0.1, -0.05) is 6.08 Å². The fourth-order valence-electron chi connectivity index (χ4n) is 1.91. The summed E-state index contributed by atoms with van der Waals surface area (Å²) in [4.78, 5) is 11.3. The molecule has 1 N–H and O–H groups in total. The van der Waals surface area contributed by atoms with Gasteiger partial charge in [-0.25, -0.2) is 0 Å². The van der Waals surface area contributed by atoms with Crippen LogP contribution in [0.1, 0.15) is 25.7 Å². The summed E-state index contributed by atoms with van der Waals surface area (Å²) in [7, 11) is 0. The maximum Gasteiger partial charge on any atom is 0.142 e. The van der Waals surface area contributed by atoms with E-state index in [1.54, 1.807) is 0 Å². The molecule has 0 spiro atoms. The Morgan fingerprint density at radius 2 is 2.45 bits per heavy atom. The van der Waals surface area contributed by atoms with Gasteiger partial charge in [0.1, 0.15) is 5.78 Å². The van der Waals surface area contributed by atoms with Crippen LogP contribution < -0.4 is 5.32 Å². The van der Waals surface area contributed by atoms with Crippen molar-refractivity contribution < 1.29 is 4.79 Å². The Kier molecular flexibility index (Phi) is 1.68. The van der Waals surface area contributed by atoms with E-state index in [9.17, 15) is 4.79 Å². The van der Waals surface area contributed by atoms with Crippen LogP contribution in [0.3, 0.4) is 0 Å². The number of piperidine rings is 1. The number of rotatable bonds is 0. The monoisotopic (exact) mass is 151 g/mol. The molecule has 1 aliphatic carbocycles. The lowest BCUT2D eigenvalue weighted by atomic mass is 9.85. The fraction of sp³-hybridized carbons (Fsp3) is 0.667. The van der Waals surface area contributed by atoms with Gasteiger partial charge in [-0.3, -0.25) is 4.79 Å². The third-order valence-corrected chi connectivity index (χ3v) is 2.52. The molecule has 0 aromatic rings. The molecule has 0 amide bonds. The zero-order valence-corrected chi connectivity index (χ0v) is 6.60. The number of carbonyl (C=O) groups excluding carboxylic acids is 1. The van der Waals surface area contributed by atoms with Crippen LogP contribution in [0.2, 0.25) is 0 Å². The van der Waals surface area contributed by atoms with Gasteiger partial charge in [0.05, 0.1) is 5.92 Å². The second kappa shape index (κ2) is 2.68. The summed E-state index contributed by atoms with van der Waals surface area (Å²) in [5.41, 5.74) is 1.20. The van der Waals surface area contributed by atoms with Gasteiger partial charge in [-0.05, 0) is 19.3 Å². The van der Waals surface area contributed by atoms with E-state index < -0.39 is 0 Å². The summed E-state index contributed by atoms with van der Waals surface area (Å²) >= 11 is 0. The van der Waals surface area contributed by atoms with E-state index in [-0.39, 0.29) is 5.92 Å². The molecule has 11 heavy (non-hydrogen) atoms. The summed E-state index contributed by atoms with van der Waals surface area (Å²) in [6.45, 7) is 1.05. The molecule has 1 atom stereocenters. The van der Waals surface area contributed by atoms with Crippen molar-refractivity contribution in [1.29, 1.82) is 0 Å². The molecular formula is C9H13NO. The lowest BCUT2D eigenvalue weighted by Gasteiger charge is -2.28. The van der Waals surface area contributed by atoms with Gasteiger partial charge in [0.2, 0.25) is 0 Å². The molecule has 2 nitrogen and oxygen atoms in total. The molecule has 1 saturated heterocycles. The molecule has 2 heteroatoms. The predicted octanol–water partition coefficient (Wildman–Crippen LogP) is 1.23. The number of ketones is 1. The first kappa shape index (κ1) is 6.89. The summed E-state index contributed by atoms with van der Waals surface area (Å²) in [6.07, 6.45) is 6.10. The Balaban J connectivity index is 2.19. The molecule has 0 aromatic carbocycles. The van der Waals surface area contributed by atoms with E-state index in [1.807, 2.05) is 0 Å². The molecule has 0 aromatic heterocycles. The number of hydrogen-bond acceptors (Lipinski definition) is 2. The van der Waals surface area contributed by atoms with Gasteiger partial charge in [0, 0.05) is 18.7 Å². The fourth-order valence-corrected chi connectivity index (χ4v) is 1.91. The van der Waals surface area contributed by atoms with Crippen molar-refractivity contribution in [1.82, 2.24) is 5.32 Å². The highest BCUT2D eigenvalue weighted by Gasteiger charge is 2.27. The highest BCUT2D eigenvalue weighted by atomic mass is 16.1. The standard InChI is InChI=1S/C9H13NO/c11-9-5-1-4-8-7(9)3-2-6-10-8/h4,7,10H,1-3,5-6H2. The summed E-state index contributed by atoms with van der Waals surface area (Å²) < 4.78 is 0. The van der Waals surface area contributed by atoms with E-state index in [0.29, 0.717) is 5.78 Å². The second-order valence-electron chi connectivity index (χ2n) is 3.29. The van der Waals surface area contributed by atoms with Crippen LogP contribution in [0.25, 0.3) is 0 Å². The summed E-state index contributed by atoms with van der Waals surface area (Å²) in [5.74, 6) is 0.673. The van der Waals surface area contributed by atoms with Crippen LogP contribution in [0.5, 0.6) is 0 Å². The highest BCUT2D eigenvalue weighted by molar-refractivity contribution is 5.85. The zero-order chi connectivity index (χ0) is 7.68. The quantitative estimate of drug-likeness (QED) is 0.564. The predicted molar refractivity (Wildman–Crippen MR) is 43.1 cm³/mol. The van der Waals surface area contributed by atoms with Crippen LogP contribution in [-0.2, 0) is 4.79 Å². The van der Waals surface area contributed by atoms with Crippen LogP contribution >= 0.6 is 0 Å². The first-order chi connectivity index (χ1) is 5.38. The average Bonchev–Trinajstić information content (AvgIpc) is 2.06. The van der Waals surface area contributed by atoms with Crippen LogP contribution in [0.4, 0.5) is 0 Å². The SMILES string of the molecule is O=C1CCC=C2NCCCC12. The van der Waals surface area contributed by atoms with Gasteiger partial charge in [-0.2, -0.15) is 0 Å². The van der Waals surface area contributed by atoms with Crippen molar-refractivity contribution in [3.05, 3.63) is 11.8 Å². The maximum absolute atomic E-state index is 11.3. The Bertz CT molecular complexity index is 208. The molecule has 0 radical (unpaired) electrons. The van der Waals surface area contributed by atoms with Gasteiger partial charge < -0.3 is 5.32 Å². The first-order valence-corrected chi connectivity index (χ1v) is 4.34. The van der Waals surface area contributed by atoms with Crippen molar-refractivity contribution >= 4 is 5.78 Å². The molecule has 60 valence electrons. The average molecular weight is 151 g/mol. The van der Waals surface area contributed by atoms with Crippen molar-refractivity contribution in [2.75, 3.05) is 6.54 Å². The lowest BCUT2D eigenvalue weighted by molar-refractivity contribution is -0.122. The van der Waals surface area contributed by atoms with Crippen LogP contribution in [-0.4, -0.2) is 12.3 Å². The van der Waals surface area contributed by atoms with Gasteiger partial charge in [0.15, 0.2) is 0 Å². The Morgan fingerprint density at radius 1 is 1.55 bits per heavy atom. The molecule has 0 bridgehead atoms. The number of hydrogen-bond donors (Lipinski definition) is 1. The summed E-state index contributed by atoms with van der Waals surface area (Å²) in [6, 6.07) is 0. The van der Waals surface area contributed by atoms with E-state index in [0.717, 1.165) is 32.2 Å². The van der Waals surface area contributed by atoms with Gasteiger partial charge in [-0.15, -0.1) is 0 Å². The van der Waals surface area contributed by atoms with Crippen molar-refractivity contribution in [2.24, 2.45) is 5.92 Å². The van der Waals surface area contributed by atoms with Gasteiger partial charge >= 0.3 is 0 Å². The minimum atomic E-state index is 0.234. The first-order valence-electron chi connectivity index (χ1n) is 4.34. The third-order valence-electron chi connectivity index (χ3n) is 2.52. The molecule has 1 unspecified atom stereocenters. The minimum absolute atomic E-state index is 0.234. The number of carbonyl (C=O) groups is 1. The minimum Gasteiger partial charge on any atom is -0.388 e. The topological polar surface area (TPSA) is 29.1 Å². The third kappa shape index (κ3) is 1.17. The number of fused-ring (bicyclic) bond motifs is 1. The highest BCUT2D eigenvalue weighted by Crippen LogP contribution is 2.26. The molecule has 1 fully saturated rings.